The molecule has 4 nitrogen and oxygen atoms in total. The number of hydrogen-bond donors (Lipinski definition) is 1. The zero-order valence-corrected chi connectivity index (χ0v) is 11.1. The van der Waals surface area contributed by atoms with Crippen LogP contribution in [0.3, 0.4) is 0 Å². The summed E-state index contributed by atoms with van der Waals surface area (Å²) in [5.41, 5.74) is 9.26. The summed E-state index contributed by atoms with van der Waals surface area (Å²) >= 11 is 0. The fraction of sp³-hybridized carbons (Fsp3) is 0.429. The first-order chi connectivity index (χ1) is 8.61. The SMILES string of the molecule is CCCC(N)c1noc(-c2cc(C)ccc2C)n1. The number of nitrogens with two attached hydrogens (primary N) is 1. The minimum absolute atomic E-state index is 0.141. The van der Waals surface area contributed by atoms with Gasteiger partial charge in [-0.05, 0) is 31.9 Å². The van der Waals surface area contributed by atoms with Crippen LogP contribution in [0.15, 0.2) is 22.7 Å². The Morgan fingerprint density at radius 1 is 1.33 bits per heavy atom. The smallest absolute Gasteiger partial charge is 0.258 e. The Hall–Kier alpha value is -1.68. The molecule has 0 aliphatic heterocycles. The van der Waals surface area contributed by atoms with E-state index in [9.17, 15) is 0 Å². The molecule has 1 atom stereocenters. The van der Waals surface area contributed by atoms with Gasteiger partial charge in [-0.15, -0.1) is 0 Å². The van der Waals surface area contributed by atoms with E-state index in [0.717, 1.165) is 24.0 Å². The average molecular weight is 245 g/mol. The fourth-order valence-corrected chi connectivity index (χ4v) is 1.90. The molecule has 0 fully saturated rings. The molecule has 2 N–H and O–H groups in total. The van der Waals surface area contributed by atoms with Crippen LogP contribution in [0.2, 0.25) is 0 Å². The summed E-state index contributed by atoms with van der Waals surface area (Å²) in [7, 11) is 0. The van der Waals surface area contributed by atoms with Crippen molar-refractivity contribution in [3.05, 3.63) is 35.2 Å². The lowest BCUT2D eigenvalue weighted by Gasteiger charge is -2.03. The zero-order chi connectivity index (χ0) is 13.1. The van der Waals surface area contributed by atoms with Crippen molar-refractivity contribution in [2.24, 2.45) is 5.73 Å². The number of aryl methyl sites for hydroxylation is 2. The van der Waals surface area contributed by atoms with Crippen LogP contribution in [-0.4, -0.2) is 10.1 Å². The maximum atomic E-state index is 5.98. The van der Waals surface area contributed by atoms with Gasteiger partial charge in [-0.3, -0.25) is 0 Å². The van der Waals surface area contributed by atoms with Gasteiger partial charge in [-0.1, -0.05) is 36.2 Å². The van der Waals surface area contributed by atoms with Gasteiger partial charge in [0.25, 0.3) is 5.89 Å². The third kappa shape index (κ3) is 2.59. The zero-order valence-electron chi connectivity index (χ0n) is 11.1. The first-order valence-corrected chi connectivity index (χ1v) is 6.28. The van der Waals surface area contributed by atoms with E-state index < -0.39 is 0 Å². The Morgan fingerprint density at radius 2 is 2.11 bits per heavy atom. The lowest BCUT2D eigenvalue weighted by molar-refractivity contribution is 0.413. The summed E-state index contributed by atoms with van der Waals surface area (Å²) in [6, 6.07) is 6.04. The standard InChI is InChI=1S/C14H19N3O/c1-4-5-12(15)13-16-14(18-17-13)11-8-9(2)6-7-10(11)3/h6-8,12H,4-5,15H2,1-3H3. The first-order valence-electron chi connectivity index (χ1n) is 6.28. The molecule has 0 aliphatic rings. The second-order valence-electron chi connectivity index (χ2n) is 4.67. The quantitative estimate of drug-likeness (QED) is 0.898. The van der Waals surface area contributed by atoms with Crippen molar-refractivity contribution >= 4 is 0 Å². The highest BCUT2D eigenvalue weighted by Gasteiger charge is 2.15. The molecule has 0 amide bonds. The topological polar surface area (TPSA) is 64.9 Å². The van der Waals surface area contributed by atoms with E-state index in [0.29, 0.717) is 11.7 Å². The molecule has 1 heterocycles. The Bertz CT molecular complexity index is 534. The minimum Gasteiger partial charge on any atom is -0.334 e. The van der Waals surface area contributed by atoms with Gasteiger partial charge in [-0.25, -0.2) is 0 Å². The van der Waals surface area contributed by atoms with Gasteiger partial charge in [0.1, 0.15) is 0 Å². The second-order valence-corrected chi connectivity index (χ2v) is 4.67. The van der Waals surface area contributed by atoms with Crippen molar-refractivity contribution in [3.8, 4) is 11.5 Å². The molecule has 2 aromatic rings. The number of nitrogens with zero attached hydrogens (tertiary/aromatic N) is 2. The molecular formula is C14H19N3O. The van der Waals surface area contributed by atoms with Crippen LogP contribution in [0.4, 0.5) is 0 Å². The third-order valence-electron chi connectivity index (χ3n) is 3.00. The van der Waals surface area contributed by atoms with Crippen LogP contribution in [0, 0.1) is 13.8 Å². The van der Waals surface area contributed by atoms with Crippen molar-refractivity contribution in [2.75, 3.05) is 0 Å². The van der Waals surface area contributed by atoms with Crippen LogP contribution in [-0.2, 0) is 0 Å². The summed E-state index contributed by atoms with van der Waals surface area (Å²) in [4.78, 5) is 4.40. The van der Waals surface area contributed by atoms with Crippen molar-refractivity contribution in [2.45, 2.75) is 39.7 Å². The molecule has 4 heteroatoms. The molecule has 96 valence electrons. The Labute approximate surface area is 107 Å². The number of aromatic nitrogens is 2. The summed E-state index contributed by atoms with van der Waals surface area (Å²) in [5, 5.41) is 3.97. The average Bonchev–Trinajstić information content (AvgIpc) is 2.82. The number of hydrogen-bond acceptors (Lipinski definition) is 4. The molecule has 1 aromatic heterocycles. The summed E-state index contributed by atoms with van der Waals surface area (Å²) < 4.78 is 5.31. The Kier molecular flexibility index (Phi) is 3.77. The van der Waals surface area contributed by atoms with E-state index in [1.165, 1.54) is 5.56 Å². The first kappa shape index (κ1) is 12.8. The molecule has 1 aromatic carbocycles. The maximum absolute atomic E-state index is 5.98. The molecule has 0 saturated heterocycles. The van der Waals surface area contributed by atoms with Crippen molar-refractivity contribution in [1.29, 1.82) is 0 Å². The van der Waals surface area contributed by atoms with E-state index in [1.807, 2.05) is 13.8 Å². The van der Waals surface area contributed by atoms with Gasteiger partial charge in [-0.2, -0.15) is 4.98 Å². The predicted octanol–water partition coefficient (Wildman–Crippen LogP) is 3.15. The van der Waals surface area contributed by atoms with Crippen LogP contribution in [0.1, 0.15) is 42.8 Å². The highest BCUT2D eigenvalue weighted by molar-refractivity contribution is 5.59. The Balaban J connectivity index is 2.32. The molecule has 1 unspecified atom stereocenters. The molecule has 0 radical (unpaired) electrons. The lowest BCUT2D eigenvalue weighted by atomic mass is 10.1. The number of benzene rings is 1. The van der Waals surface area contributed by atoms with E-state index in [1.54, 1.807) is 0 Å². The van der Waals surface area contributed by atoms with Crippen molar-refractivity contribution < 1.29 is 4.52 Å². The lowest BCUT2D eigenvalue weighted by Crippen LogP contribution is -2.11. The molecule has 2 rings (SSSR count). The van der Waals surface area contributed by atoms with Gasteiger partial charge < -0.3 is 10.3 Å². The summed E-state index contributed by atoms with van der Waals surface area (Å²) in [6.45, 7) is 6.17. The van der Waals surface area contributed by atoms with Gasteiger partial charge in [0.05, 0.1) is 6.04 Å². The van der Waals surface area contributed by atoms with Crippen LogP contribution < -0.4 is 5.73 Å². The van der Waals surface area contributed by atoms with Crippen molar-refractivity contribution in [3.63, 3.8) is 0 Å². The molecule has 18 heavy (non-hydrogen) atoms. The van der Waals surface area contributed by atoms with E-state index in [4.69, 9.17) is 10.3 Å². The second kappa shape index (κ2) is 5.31. The third-order valence-corrected chi connectivity index (χ3v) is 3.00. The van der Waals surface area contributed by atoms with Gasteiger partial charge in [0.15, 0.2) is 5.82 Å². The normalized spacial score (nSPS) is 12.7. The van der Waals surface area contributed by atoms with Gasteiger partial charge in [0, 0.05) is 5.56 Å². The van der Waals surface area contributed by atoms with E-state index in [2.05, 4.69) is 35.3 Å². The van der Waals surface area contributed by atoms with E-state index in [-0.39, 0.29) is 6.04 Å². The van der Waals surface area contributed by atoms with Crippen LogP contribution >= 0.6 is 0 Å². The van der Waals surface area contributed by atoms with Gasteiger partial charge >= 0.3 is 0 Å². The van der Waals surface area contributed by atoms with E-state index >= 15 is 0 Å². The predicted molar refractivity (Wildman–Crippen MR) is 71.0 cm³/mol. The summed E-state index contributed by atoms with van der Waals surface area (Å²) in [6.07, 6.45) is 1.88. The van der Waals surface area contributed by atoms with Gasteiger partial charge in [0.2, 0.25) is 0 Å². The van der Waals surface area contributed by atoms with Crippen molar-refractivity contribution in [1.82, 2.24) is 10.1 Å². The molecule has 0 bridgehead atoms. The highest BCUT2D eigenvalue weighted by Crippen LogP contribution is 2.24. The minimum atomic E-state index is -0.141. The highest BCUT2D eigenvalue weighted by atomic mass is 16.5. The van der Waals surface area contributed by atoms with Crippen LogP contribution in [0.5, 0.6) is 0 Å². The molecule has 0 aliphatic carbocycles. The largest absolute Gasteiger partial charge is 0.334 e. The fourth-order valence-electron chi connectivity index (χ4n) is 1.90. The molecule has 0 saturated carbocycles. The molecular weight excluding hydrogens is 226 g/mol. The summed E-state index contributed by atoms with van der Waals surface area (Å²) in [5.74, 6) is 1.14. The Morgan fingerprint density at radius 3 is 2.83 bits per heavy atom. The van der Waals surface area contributed by atoms with Crippen LogP contribution in [0.25, 0.3) is 11.5 Å². The number of rotatable bonds is 4. The monoisotopic (exact) mass is 245 g/mol. The maximum Gasteiger partial charge on any atom is 0.258 e. The molecule has 0 spiro atoms.